The van der Waals surface area contributed by atoms with Crippen molar-refractivity contribution < 1.29 is 32.7 Å². The summed E-state index contributed by atoms with van der Waals surface area (Å²) in [4.78, 5) is 15.3. The highest BCUT2D eigenvalue weighted by Crippen LogP contribution is 2.36. The summed E-state index contributed by atoms with van der Waals surface area (Å²) in [6, 6.07) is 15.9. The van der Waals surface area contributed by atoms with Gasteiger partial charge in [-0.05, 0) is 72.7 Å². The van der Waals surface area contributed by atoms with Gasteiger partial charge in [0.2, 0.25) is 5.79 Å². The van der Waals surface area contributed by atoms with Crippen molar-refractivity contribution in [1.29, 1.82) is 0 Å². The van der Waals surface area contributed by atoms with Crippen LogP contribution in [0.4, 0.5) is 4.79 Å². The second kappa shape index (κ2) is 13.9. The van der Waals surface area contributed by atoms with Crippen LogP contribution in [0, 0.1) is 5.92 Å². The van der Waals surface area contributed by atoms with Gasteiger partial charge in [-0.15, -0.1) is 0 Å². The van der Waals surface area contributed by atoms with Gasteiger partial charge in [0.15, 0.2) is 0 Å². The number of nitrogens with zero attached hydrogens (tertiary/aromatic N) is 1. The Morgan fingerprint density at radius 2 is 1.86 bits per heavy atom. The van der Waals surface area contributed by atoms with Crippen LogP contribution in [0.25, 0.3) is 0 Å². The van der Waals surface area contributed by atoms with E-state index in [1.165, 1.54) is 12.8 Å². The average molecular weight is 622 g/mol. The van der Waals surface area contributed by atoms with Gasteiger partial charge in [0.25, 0.3) is 0 Å². The Balaban J connectivity index is 0.890. The number of rotatable bonds is 12. The molecule has 0 radical (unpaired) electrons. The molecule has 44 heavy (non-hydrogen) atoms. The smallest absolute Gasteiger partial charge is 0.410 e. The van der Waals surface area contributed by atoms with Gasteiger partial charge >= 0.3 is 6.09 Å². The van der Waals surface area contributed by atoms with Gasteiger partial charge in [0, 0.05) is 36.5 Å². The van der Waals surface area contributed by atoms with Crippen LogP contribution in [-0.4, -0.2) is 65.3 Å². The standard InChI is InChI=1S/C35H43NO7S/c1-35(2)41-24-28-21-27(12-15-32(28)43-35)33-22-36(34(37)42-33)17-16-25-10-13-29(14-11-25)40-19-18-39-23-26-6-5-9-31(20-26)44(38)30-7-3-4-8-30/h5-6,9-15,20,27,30,33H,3-4,7-8,16-19,21-24H2,1-2H3. The van der Waals surface area contributed by atoms with Gasteiger partial charge in [0.1, 0.15) is 24.2 Å². The Morgan fingerprint density at radius 1 is 1.05 bits per heavy atom. The van der Waals surface area contributed by atoms with E-state index in [4.69, 9.17) is 23.7 Å². The highest BCUT2D eigenvalue weighted by molar-refractivity contribution is 7.85. The maximum absolute atomic E-state index is 12.8. The molecule has 6 rings (SSSR count). The predicted molar refractivity (Wildman–Crippen MR) is 168 cm³/mol. The Labute approximate surface area is 262 Å². The van der Waals surface area contributed by atoms with Crippen molar-refractivity contribution >= 4 is 16.9 Å². The van der Waals surface area contributed by atoms with Gasteiger partial charge in [-0.1, -0.05) is 43.2 Å². The van der Waals surface area contributed by atoms with Gasteiger partial charge in [-0.2, -0.15) is 0 Å². The van der Waals surface area contributed by atoms with Crippen LogP contribution < -0.4 is 4.74 Å². The minimum Gasteiger partial charge on any atom is -0.491 e. The highest BCUT2D eigenvalue weighted by atomic mass is 32.2. The molecule has 2 aliphatic heterocycles. The third-order valence-corrected chi connectivity index (χ3v) is 10.6. The van der Waals surface area contributed by atoms with Crippen molar-refractivity contribution in [3.8, 4) is 5.75 Å². The maximum atomic E-state index is 12.8. The van der Waals surface area contributed by atoms with E-state index < -0.39 is 16.6 Å². The molecule has 9 heteroatoms. The zero-order valence-electron chi connectivity index (χ0n) is 25.7. The molecule has 0 N–H and O–H groups in total. The van der Waals surface area contributed by atoms with Crippen molar-refractivity contribution in [2.75, 3.05) is 32.9 Å². The fourth-order valence-corrected chi connectivity index (χ4v) is 7.87. The van der Waals surface area contributed by atoms with Crippen molar-refractivity contribution in [1.82, 2.24) is 4.90 Å². The Hall–Kier alpha value is -3.14. The van der Waals surface area contributed by atoms with Crippen LogP contribution in [0.15, 0.2) is 76.9 Å². The minimum atomic E-state index is -0.933. The number of allylic oxidation sites excluding steroid dienone is 1. The Bertz CT molecular complexity index is 1400. The van der Waals surface area contributed by atoms with Crippen LogP contribution in [0.5, 0.6) is 5.75 Å². The lowest BCUT2D eigenvalue weighted by Gasteiger charge is -2.36. The third kappa shape index (κ3) is 7.73. The van der Waals surface area contributed by atoms with E-state index >= 15 is 0 Å². The first-order valence-electron chi connectivity index (χ1n) is 15.8. The second-order valence-electron chi connectivity index (χ2n) is 12.5. The first kappa shape index (κ1) is 30.9. The van der Waals surface area contributed by atoms with E-state index in [2.05, 4.69) is 6.08 Å². The molecule has 2 aromatic carbocycles. The summed E-state index contributed by atoms with van der Waals surface area (Å²) < 4.78 is 42.0. The number of cyclic esters (lactones) is 1. The predicted octanol–water partition coefficient (Wildman–Crippen LogP) is 6.31. The molecule has 2 fully saturated rings. The first-order valence-corrected chi connectivity index (χ1v) is 17.0. The molecule has 8 nitrogen and oxygen atoms in total. The van der Waals surface area contributed by atoms with E-state index in [0.29, 0.717) is 44.8 Å². The lowest BCUT2D eigenvalue weighted by atomic mass is 9.88. The summed E-state index contributed by atoms with van der Waals surface area (Å²) in [7, 11) is -0.933. The summed E-state index contributed by atoms with van der Waals surface area (Å²) in [6.07, 6.45) is 9.67. The average Bonchev–Trinajstić information content (AvgIpc) is 3.70. The van der Waals surface area contributed by atoms with Gasteiger partial charge in [-0.3, -0.25) is 4.21 Å². The first-order chi connectivity index (χ1) is 21.3. The fraction of sp³-hybridized carbons (Fsp3) is 0.514. The molecule has 2 aliphatic carbocycles. The van der Waals surface area contributed by atoms with Crippen molar-refractivity contribution in [2.45, 2.75) is 81.0 Å². The summed E-state index contributed by atoms with van der Waals surface area (Å²) in [5, 5.41) is 0.294. The number of carbonyl (C=O) groups excluding carboxylic acids is 1. The molecule has 236 valence electrons. The molecule has 1 saturated heterocycles. The molecule has 3 atom stereocenters. The monoisotopic (exact) mass is 621 g/mol. The number of ether oxygens (including phenoxy) is 5. The van der Waals surface area contributed by atoms with Gasteiger partial charge in [-0.25, -0.2) is 4.79 Å². The number of amides is 1. The number of carbonyl (C=O) groups is 1. The van der Waals surface area contributed by atoms with E-state index in [1.807, 2.05) is 68.5 Å². The van der Waals surface area contributed by atoms with Crippen molar-refractivity contribution in [3.63, 3.8) is 0 Å². The zero-order chi connectivity index (χ0) is 30.5. The van der Waals surface area contributed by atoms with Crippen LogP contribution in [-0.2, 0) is 42.8 Å². The largest absolute Gasteiger partial charge is 0.491 e. The van der Waals surface area contributed by atoms with E-state index in [9.17, 15) is 9.00 Å². The summed E-state index contributed by atoms with van der Waals surface area (Å²) in [5.41, 5.74) is 3.29. The molecular formula is C35H43NO7S. The fourth-order valence-electron chi connectivity index (χ4n) is 6.25. The number of benzene rings is 2. The Kier molecular flexibility index (Phi) is 9.74. The van der Waals surface area contributed by atoms with Crippen LogP contribution in [0.3, 0.4) is 0 Å². The second-order valence-corrected chi connectivity index (χ2v) is 14.2. The minimum absolute atomic E-state index is 0.119. The normalized spacial score (nSPS) is 23.8. The van der Waals surface area contributed by atoms with E-state index in [1.54, 1.807) is 4.90 Å². The molecule has 3 unspecified atom stereocenters. The molecule has 1 saturated carbocycles. The summed E-state index contributed by atoms with van der Waals surface area (Å²) >= 11 is 0. The molecule has 0 spiro atoms. The van der Waals surface area contributed by atoms with Gasteiger partial charge in [0.05, 0.1) is 37.2 Å². The maximum Gasteiger partial charge on any atom is 0.410 e. The summed E-state index contributed by atoms with van der Waals surface area (Å²) in [6.45, 7) is 6.91. The van der Waals surface area contributed by atoms with Gasteiger partial charge < -0.3 is 28.6 Å². The van der Waals surface area contributed by atoms with E-state index in [-0.39, 0.29) is 18.1 Å². The van der Waals surface area contributed by atoms with Crippen molar-refractivity contribution in [3.05, 3.63) is 83.1 Å². The van der Waals surface area contributed by atoms with Crippen molar-refractivity contribution in [2.24, 2.45) is 5.92 Å². The highest BCUT2D eigenvalue weighted by Gasteiger charge is 2.39. The molecule has 0 bridgehead atoms. The molecule has 2 heterocycles. The summed E-state index contributed by atoms with van der Waals surface area (Å²) in [5.74, 6) is 1.17. The number of hydrogen-bond donors (Lipinski definition) is 0. The molecule has 1 amide bonds. The topological polar surface area (TPSA) is 83.5 Å². The SMILES string of the molecule is CC1(C)OCC2=C(C=CC(C3CN(CCc4ccc(OCCOCc5cccc(S(=O)C6CCCC6)c5)cc4)C(=O)O3)C2)O1. The quantitative estimate of drug-likeness (QED) is 0.257. The molecule has 0 aromatic heterocycles. The zero-order valence-corrected chi connectivity index (χ0v) is 26.5. The number of hydrogen-bond acceptors (Lipinski definition) is 7. The van der Waals surface area contributed by atoms with Crippen LogP contribution >= 0.6 is 0 Å². The van der Waals surface area contributed by atoms with E-state index in [0.717, 1.165) is 58.8 Å². The molecule has 2 aromatic rings. The Morgan fingerprint density at radius 3 is 2.68 bits per heavy atom. The third-order valence-electron chi connectivity index (χ3n) is 8.76. The lowest BCUT2D eigenvalue weighted by molar-refractivity contribution is -0.198. The lowest BCUT2D eigenvalue weighted by Crippen LogP contribution is -2.36. The van der Waals surface area contributed by atoms with Crippen LogP contribution in [0.1, 0.15) is 57.1 Å². The molecule has 4 aliphatic rings. The molecular weight excluding hydrogens is 578 g/mol. The van der Waals surface area contributed by atoms with Crippen LogP contribution in [0.2, 0.25) is 0 Å².